The van der Waals surface area contributed by atoms with Crippen LogP contribution in [-0.2, 0) is 11.3 Å². The van der Waals surface area contributed by atoms with Crippen molar-refractivity contribution in [3.8, 4) is 11.5 Å². The van der Waals surface area contributed by atoms with E-state index in [0.717, 1.165) is 0 Å². The third-order valence-corrected chi connectivity index (χ3v) is 3.30. The molecule has 0 aromatic heterocycles. The van der Waals surface area contributed by atoms with Gasteiger partial charge in [0.2, 0.25) is 0 Å². The fourth-order valence-electron chi connectivity index (χ4n) is 2.18. The number of hydrogen-bond acceptors (Lipinski definition) is 7. The van der Waals surface area contributed by atoms with E-state index in [2.05, 4.69) is 5.32 Å². The molecule has 25 heavy (non-hydrogen) atoms. The molecular weight excluding hydrogens is 330 g/mol. The van der Waals surface area contributed by atoms with E-state index in [9.17, 15) is 20.1 Å². The van der Waals surface area contributed by atoms with Crippen LogP contribution >= 0.6 is 0 Å². The van der Waals surface area contributed by atoms with Crippen LogP contribution in [-0.4, -0.2) is 53.9 Å². The predicted octanol–water partition coefficient (Wildman–Crippen LogP) is 1.12. The van der Waals surface area contributed by atoms with Crippen molar-refractivity contribution < 1.29 is 34.3 Å². The maximum absolute atomic E-state index is 11.6. The molecule has 0 aliphatic heterocycles. The molecule has 1 aromatic rings. The Hall–Kier alpha value is -2.03. The van der Waals surface area contributed by atoms with Gasteiger partial charge in [0.25, 0.3) is 0 Å². The van der Waals surface area contributed by atoms with Crippen molar-refractivity contribution in [1.29, 1.82) is 0 Å². The normalized spacial score (nSPS) is 13.8. The van der Waals surface area contributed by atoms with Crippen LogP contribution < -0.4 is 14.8 Å². The highest BCUT2D eigenvalue weighted by molar-refractivity contribution is 5.67. The summed E-state index contributed by atoms with van der Waals surface area (Å²) in [6.45, 7) is 4.69. The Kier molecular flexibility index (Phi) is 7.47. The van der Waals surface area contributed by atoms with Gasteiger partial charge in [-0.05, 0) is 38.5 Å². The average Bonchev–Trinajstić information content (AvgIpc) is 2.55. The number of amides is 1. The summed E-state index contributed by atoms with van der Waals surface area (Å²) in [5, 5.41) is 32.3. The molecule has 0 spiro atoms. The summed E-state index contributed by atoms with van der Waals surface area (Å²) < 4.78 is 15.5. The second-order valence-corrected chi connectivity index (χ2v) is 6.47. The molecule has 2 atom stereocenters. The van der Waals surface area contributed by atoms with Crippen molar-refractivity contribution in [2.45, 2.75) is 45.2 Å². The predicted molar refractivity (Wildman–Crippen MR) is 90.7 cm³/mol. The zero-order valence-corrected chi connectivity index (χ0v) is 15.2. The monoisotopic (exact) mass is 357 g/mol. The van der Waals surface area contributed by atoms with E-state index in [1.54, 1.807) is 20.8 Å². The lowest BCUT2D eigenvalue weighted by Gasteiger charge is -2.24. The summed E-state index contributed by atoms with van der Waals surface area (Å²) in [7, 11) is 2.80. The van der Waals surface area contributed by atoms with E-state index in [1.807, 2.05) is 0 Å². The van der Waals surface area contributed by atoms with Crippen LogP contribution in [0.25, 0.3) is 0 Å². The number of benzene rings is 1. The first kappa shape index (κ1) is 21.0. The van der Waals surface area contributed by atoms with Gasteiger partial charge in [-0.1, -0.05) is 0 Å². The molecule has 1 amide bonds. The van der Waals surface area contributed by atoms with Gasteiger partial charge in [-0.3, -0.25) is 0 Å². The van der Waals surface area contributed by atoms with E-state index >= 15 is 0 Å². The van der Waals surface area contributed by atoms with Gasteiger partial charge in [-0.25, -0.2) is 4.79 Å². The number of carbonyl (C=O) groups is 1. The molecule has 4 N–H and O–H groups in total. The Morgan fingerprint density at radius 3 is 2.08 bits per heavy atom. The highest BCUT2D eigenvalue weighted by Crippen LogP contribution is 2.37. The quantitative estimate of drug-likeness (QED) is 0.577. The highest BCUT2D eigenvalue weighted by Gasteiger charge is 2.27. The van der Waals surface area contributed by atoms with Gasteiger partial charge in [0.15, 0.2) is 0 Å². The number of aliphatic hydroxyl groups is 3. The van der Waals surface area contributed by atoms with Crippen molar-refractivity contribution in [1.82, 2.24) is 5.32 Å². The van der Waals surface area contributed by atoms with Crippen molar-refractivity contribution in [2.24, 2.45) is 0 Å². The first-order chi connectivity index (χ1) is 11.6. The van der Waals surface area contributed by atoms with Crippen molar-refractivity contribution in [2.75, 3.05) is 20.8 Å². The smallest absolute Gasteiger partial charge is 0.407 e. The SMILES string of the molecule is COc1cc(CO)cc(OC)c1C(O)C(O)CNC(=O)OC(C)(C)C. The first-order valence-corrected chi connectivity index (χ1v) is 7.81. The van der Waals surface area contributed by atoms with Crippen LogP contribution in [0.15, 0.2) is 12.1 Å². The Bertz CT molecular complexity index is 558. The number of alkyl carbamates (subject to hydrolysis) is 1. The third-order valence-electron chi connectivity index (χ3n) is 3.30. The molecule has 1 aromatic carbocycles. The maximum atomic E-state index is 11.6. The van der Waals surface area contributed by atoms with E-state index in [1.165, 1.54) is 26.4 Å². The first-order valence-electron chi connectivity index (χ1n) is 7.81. The van der Waals surface area contributed by atoms with E-state index in [-0.39, 0.29) is 30.2 Å². The Morgan fingerprint density at radius 2 is 1.68 bits per heavy atom. The second-order valence-electron chi connectivity index (χ2n) is 6.47. The number of nitrogens with one attached hydrogen (secondary N) is 1. The molecule has 0 radical (unpaired) electrons. The summed E-state index contributed by atoms with van der Waals surface area (Å²) in [4.78, 5) is 11.6. The molecular formula is C17H27NO7. The molecule has 0 aliphatic carbocycles. The molecule has 142 valence electrons. The largest absolute Gasteiger partial charge is 0.496 e. The molecule has 0 saturated heterocycles. The van der Waals surface area contributed by atoms with E-state index in [4.69, 9.17) is 14.2 Å². The molecule has 0 aliphatic rings. The van der Waals surface area contributed by atoms with Crippen LogP contribution in [0.4, 0.5) is 4.79 Å². The Labute approximate surface area is 147 Å². The molecule has 0 heterocycles. The lowest BCUT2D eigenvalue weighted by molar-refractivity contribution is 0.0108. The highest BCUT2D eigenvalue weighted by atomic mass is 16.6. The second kappa shape index (κ2) is 8.89. The van der Waals surface area contributed by atoms with Gasteiger partial charge in [0, 0.05) is 6.54 Å². The van der Waals surface area contributed by atoms with Gasteiger partial charge in [-0.15, -0.1) is 0 Å². The van der Waals surface area contributed by atoms with Gasteiger partial charge < -0.3 is 34.8 Å². The minimum atomic E-state index is -1.38. The number of methoxy groups -OCH3 is 2. The van der Waals surface area contributed by atoms with Crippen LogP contribution in [0.5, 0.6) is 11.5 Å². The molecule has 8 heteroatoms. The Balaban J connectivity index is 2.91. The minimum Gasteiger partial charge on any atom is -0.496 e. The fourth-order valence-corrected chi connectivity index (χ4v) is 2.18. The summed E-state index contributed by atoms with van der Waals surface area (Å²) in [5.74, 6) is 0.513. The summed E-state index contributed by atoms with van der Waals surface area (Å²) in [5.41, 5.74) is 0.0898. The van der Waals surface area contributed by atoms with E-state index < -0.39 is 23.9 Å². The standard InChI is InChI=1S/C17H27NO7/c1-17(2,3)25-16(22)18-8-11(20)15(21)14-12(23-4)6-10(9-19)7-13(14)24-5/h6-7,11,15,19-21H,8-9H2,1-5H3,(H,18,22). The summed E-state index contributed by atoms with van der Waals surface area (Å²) in [6.07, 6.45) is -3.41. The van der Waals surface area contributed by atoms with Crippen molar-refractivity contribution in [3.63, 3.8) is 0 Å². The van der Waals surface area contributed by atoms with Gasteiger partial charge in [0.05, 0.1) is 26.4 Å². The topological polar surface area (TPSA) is 117 Å². The maximum Gasteiger partial charge on any atom is 0.407 e. The minimum absolute atomic E-state index is 0.223. The number of ether oxygens (including phenoxy) is 3. The van der Waals surface area contributed by atoms with Crippen LogP contribution in [0.2, 0.25) is 0 Å². The zero-order chi connectivity index (χ0) is 19.2. The lowest BCUT2D eigenvalue weighted by Crippen LogP contribution is -2.39. The molecule has 1 rings (SSSR count). The fraction of sp³-hybridized carbons (Fsp3) is 0.588. The molecule has 8 nitrogen and oxygen atoms in total. The molecule has 0 saturated carbocycles. The summed E-state index contributed by atoms with van der Waals surface area (Å²) in [6, 6.07) is 3.07. The van der Waals surface area contributed by atoms with Gasteiger partial charge >= 0.3 is 6.09 Å². The summed E-state index contributed by atoms with van der Waals surface area (Å²) >= 11 is 0. The number of rotatable bonds is 7. The number of carbonyl (C=O) groups excluding carboxylic acids is 1. The third kappa shape index (κ3) is 6.08. The van der Waals surface area contributed by atoms with Gasteiger partial charge in [-0.2, -0.15) is 0 Å². The van der Waals surface area contributed by atoms with E-state index in [0.29, 0.717) is 5.56 Å². The van der Waals surface area contributed by atoms with Crippen LogP contribution in [0, 0.1) is 0 Å². The van der Waals surface area contributed by atoms with Crippen LogP contribution in [0.1, 0.15) is 38.0 Å². The number of hydrogen-bond donors (Lipinski definition) is 4. The lowest BCUT2D eigenvalue weighted by atomic mass is 10.00. The van der Waals surface area contributed by atoms with Gasteiger partial charge in [0.1, 0.15) is 29.3 Å². The molecule has 2 unspecified atom stereocenters. The van der Waals surface area contributed by atoms with Crippen LogP contribution in [0.3, 0.4) is 0 Å². The average molecular weight is 357 g/mol. The number of aliphatic hydroxyl groups excluding tert-OH is 3. The van der Waals surface area contributed by atoms with Crippen molar-refractivity contribution >= 4 is 6.09 Å². The Morgan fingerprint density at radius 1 is 1.16 bits per heavy atom. The zero-order valence-electron chi connectivity index (χ0n) is 15.2. The van der Waals surface area contributed by atoms with Crippen molar-refractivity contribution in [3.05, 3.63) is 23.3 Å². The molecule has 0 fully saturated rings. The molecule has 0 bridgehead atoms.